The zero-order valence-corrected chi connectivity index (χ0v) is 16.2. The van der Waals surface area contributed by atoms with Crippen molar-refractivity contribution in [2.24, 2.45) is 5.92 Å². The summed E-state index contributed by atoms with van der Waals surface area (Å²) in [4.78, 5) is 23.9. The van der Waals surface area contributed by atoms with Crippen LogP contribution in [0.15, 0.2) is 36.4 Å². The van der Waals surface area contributed by atoms with Crippen LogP contribution >= 0.6 is 23.2 Å². The number of rotatable bonds is 7. The second-order valence-electron chi connectivity index (χ2n) is 6.65. The standard InChI is InChI=1S/C21H22Cl2O2/c1-13-8-14(2)10-18(9-13)21(25)15(3)11-17(6-7-24)16-4-5-19(22)20(23)12-16/h4-5,7-10,12,15,17H,6,11H2,1-3H3. The summed E-state index contributed by atoms with van der Waals surface area (Å²) in [6.45, 7) is 5.88. The lowest BCUT2D eigenvalue weighted by Gasteiger charge is -2.20. The van der Waals surface area contributed by atoms with Gasteiger partial charge in [0.15, 0.2) is 5.78 Å². The Morgan fingerprint density at radius 1 is 1.04 bits per heavy atom. The lowest BCUT2D eigenvalue weighted by Crippen LogP contribution is -2.16. The number of aldehydes is 1. The predicted molar refractivity (Wildman–Crippen MR) is 104 cm³/mol. The number of hydrogen-bond donors (Lipinski definition) is 0. The maximum absolute atomic E-state index is 12.8. The minimum absolute atomic E-state index is 0.0582. The third-order valence-electron chi connectivity index (χ3n) is 4.39. The van der Waals surface area contributed by atoms with Crippen LogP contribution in [0.25, 0.3) is 0 Å². The number of hydrogen-bond acceptors (Lipinski definition) is 2. The van der Waals surface area contributed by atoms with Crippen molar-refractivity contribution < 1.29 is 9.59 Å². The van der Waals surface area contributed by atoms with Gasteiger partial charge in [-0.05, 0) is 56.0 Å². The van der Waals surface area contributed by atoms with Crippen LogP contribution in [0.5, 0.6) is 0 Å². The van der Waals surface area contributed by atoms with Crippen molar-refractivity contribution in [1.82, 2.24) is 0 Å². The molecule has 0 saturated carbocycles. The van der Waals surface area contributed by atoms with Gasteiger partial charge in [-0.2, -0.15) is 0 Å². The van der Waals surface area contributed by atoms with E-state index in [4.69, 9.17) is 23.2 Å². The Kier molecular flexibility index (Phi) is 6.80. The Hall–Kier alpha value is -1.64. The van der Waals surface area contributed by atoms with E-state index in [0.717, 1.165) is 28.5 Å². The summed E-state index contributed by atoms with van der Waals surface area (Å²) >= 11 is 12.1. The van der Waals surface area contributed by atoms with Crippen LogP contribution in [-0.2, 0) is 4.79 Å². The highest BCUT2D eigenvalue weighted by atomic mass is 35.5. The average molecular weight is 377 g/mol. The summed E-state index contributed by atoms with van der Waals surface area (Å²) in [5.74, 6) is -0.152. The van der Waals surface area contributed by atoms with Gasteiger partial charge >= 0.3 is 0 Å². The van der Waals surface area contributed by atoms with Crippen LogP contribution in [0.4, 0.5) is 0 Å². The van der Waals surface area contributed by atoms with E-state index in [1.165, 1.54) is 0 Å². The molecular weight excluding hydrogens is 355 g/mol. The predicted octanol–water partition coefficient (Wildman–Crippen LogP) is 6.19. The summed E-state index contributed by atoms with van der Waals surface area (Å²) in [5.41, 5.74) is 3.81. The molecule has 0 amide bonds. The highest BCUT2D eigenvalue weighted by Gasteiger charge is 2.22. The monoisotopic (exact) mass is 376 g/mol. The molecule has 132 valence electrons. The molecule has 2 rings (SSSR count). The highest BCUT2D eigenvalue weighted by Crippen LogP contribution is 2.32. The van der Waals surface area contributed by atoms with Gasteiger partial charge < -0.3 is 4.79 Å². The minimum Gasteiger partial charge on any atom is -0.303 e. The fourth-order valence-corrected chi connectivity index (χ4v) is 3.49. The molecular formula is C21H22Cl2O2. The Bertz CT molecular complexity index is 763. The molecule has 0 saturated heterocycles. The Labute approximate surface area is 159 Å². The zero-order valence-electron chi connectivity index (χ0n) is 14.7. The maximum Gasteiger partial charge on any atom is 0.165 e. The molecule has 0 bridgehead atoms. The van der Waals surface area contributed by atoms with Crippen molar-refractivity contribution >= 4 is 35.3 Å². The van der Waals surface area contributed by atoms with Crippen molar-refractivity contribution in [1.29, 1.82) is 0 Å². The van der Waals surface area contributed by atoms with E-state index in [-0.39, 0.29) is 17.6 Å². The fraction of sp³-hybridized carbons (Fsp3) is 0.333. The Morgan fingerprint density at radius 2 is 1.68 bits per heavy atom. The molecule has 0 N–H and O–H groups in total. The Morgan fingerprint density at radius 3 is 2.24 bits per heavy atom. The number of halogens is 2. The summed E-state index contributed by atoms with van der Waals surface area (Å²) in [5, 5.41) is 0.943. The number of Topliss-reactive ketones (excluding diaryl/α,β-unsaturated/α-hetero) is 1. The molecule has 25 heavy (non-hydrogen) atoms. The van der Waals surface area contributed by atoms with Gasteiger partial charge in [0.25, 0.3) is 0 Å². The SMILES string of the molecule is Cc1cc(C)cc(C(=O)C(C)CC(CC=O)c2ccc(Cl)c(Cl)c2)c1. The topological polar surface area (TPSA) is 34.1 Å². The van der Waals surface area contributed by atoms with Gasteiger partial charge in [-0.25, -0.2) is 0 Å². The summed E-state index contributed by atoms with van der Waals surface area (Å²) < 4.78 is 0. The largest absolute Gasteiger partial charge is 0.303 e. The van der Waals surface area contributed by atoms with Gasteiger partial charge in [-0.15, -0.1) is 0 Å². The summed E-state index contributed by atoms with van der Waals surface area (Å²) in [6.07, 6.45) is 1.83. The van der Waals surface area contributed by atoms with Gasteiger partial charge in [0.1, 0.15) is 6.29 Å². The molecule has 0 aliphatic heterocycles. The first-order valence-corrected chi connectivity index (χ1v) is 9.08. The third kappa shape index (κ3) is 5.17. The summed E-state index contributed by atoms with van der Waals surface area (Å²) in [7, 11) is 0. The van der Waals surface area contributed by atoms with Crippen molar-refractivity contribution in [3.63, 3.8) is 0 Å². The fourth-order valence-electron chi connectivity index (χ4n) is 3.19. The van der Waals surface area contributed by atoms with E-state index in [1.807, 2.05) is 45.0 Å². The highest BCUT2D eigenvalue weighted by molar-refractivity contribution is 6.42. The van der Waals surface area contributed by atoms with E-state index >= 15 is 0 Å². The smallest absolute Gasteiger partial charge is 0.165 e. The zero-order chi connectivity index (χ0) is 18.6. The van der Waals surface area contributed by atoms with Crippen molar-refractivity contribution in [3.05, 3.63) is 68.7 Å². The third-order valence-corrected chi connectivity index (χ3v) is 5.13. The normalized spacial score (nSPS) is 13.3. The number of aryl methyl sites for hydroxylation is 2. The molecule has 0 radical (unpaired) electrons. The van der Waals surface area contributed by atoms with Crippen molar-refractivity contribution in [3.8, 4) is 0 Å². The van der Waals surface area contributed by atoms with Gasteiger partial charge in [-0.3, -0.25) is 4.79 Å². The number of carbonyl (C=O) groups is 2. The molecule has 0 fully saturated rings. The van der Waals surface area contributed by atoms with E-state index in [1.54, 1.807) is 12.1 Å². The van der Waals surface area contributed by atoms with Crippen molar-refractivity contribution in [2.45, 2.75) is 39.5 Å². The van der Waals surface area contributed by atoms with Crippen molar-refractivity contribution in [2.75, 3.05) is 0 Å². The molecule has 0 aliphatic carbocycles. The van der Waals surface area contributed by atoms with E-state index < -0.39 is 0 Å². The van der Waals surface area contributed by atoms with Crippen LogP contribution in [-0.4, -0.2) is 12.1 Å². The van der Waals surface area contributed by atoms with Gasteiger partial charge in [0.05, 0.1) is 10.0 Å². The average Bonchev–Trinajstić information content (AvgIpc) is 2.55. The molecule has 2 nitrogen and oxygen atoms in total. The van der Waals surface area contributed by atoms with Gasteiger partial charge in [-0.1, -0.05) is 53.4 Å². The molecule has 0 heterocycles. The molecule has 2 atom stereocenters. The quantitative estimate of drug-likeness (QED) is 0.426. The number of ketones is 1. The minimum atomic E-state index is -0.194. The molecule has 2 aromatic carbocycles. The molecule has 0 aliphatic rings. The number of benzene rings is 2. The number of carbonyl (C=O) groups excluding carboxylic acids is 2. The molecule has 0 spiro atoms. The molecule has 2 aromatic rings. The van der Waals surface area contributed by atoms with E-state index in [9.17, 15) is 9.59 Å². The van der Waals surface area contributed by atoms with Gasteiger partial charge in [0.2, 0.25) is 0 Å². The van der Waals surface area contributed by atoms with Crippen LogP contribution in [0.2, 0.25) is 10.0 Å². The van der Waals surface area contributed by atoms with Crippen LogP contribution in [0.1, 0.15) is 52.7 Å². The molecule has 4 heteroatoms. The first kappa shape index (κ1) is 19.7. The van der Waals surface area contributed by atoms with E-state index in [2.05, 4.69) is 0 Å². The Balaban J connectivity index is 2.21. The second-order valence-corrected chi connectivity index (χ2v) is 7.46. The van der Waals surface area contributed by atoms with E-state index in [0.29, 0.717) is 22.9 Å². The first-order valence-electron chi connectivity index (χ1n) is 8.33. The molecule has 2 unspecified atom stereocenters. The lowest BCUT2D eigenvalue weighted by molar-refractivity contribution is -0.108. The van der Waals surface area contributed by atoms with Crippen LogP contribution in [0.3, 0.4) is 0 Å². The molecule has 0 aromatic heterocycles. The maximum atomic E-state index is 12.8. The van der Waals surface area contributed by atoms with Gasteiger partial charge in [0, 0.05) is 17.9 Å². The second kappa shape index (κ2) is 8.64. The first-order chi connectivity index (χ1) is 11.8. The van der Waals surface area contributed by atoms with Crippen LogP contribution < -0.4 is 0 Å². The van der Waals surface area contributed by atoms with Crippen LogP contribution in [0, 0.1) is 19.8 Å². The lowest BCUT2D eigenvalue weighted by atomic mass is 9.84. The summed E-state index contributed by atoms with van der Waals surface area (Å²) in [6, 6.07) is 11.3.